The molecule has 0 unspecified atom stereocenters. The van der Waals surface area contributed by atoms with E-state index in [1.807, 2.05) is 0 Å². The molecule has 3 heteroatoms. The highest BCUT2D eigenvalue weighted by molar-refractivity contribution is 9.10. The Kier molecular flexibility index (Phi) is 3.12. The molecule has 0 amide bonds. The number of hydrogen-bond donors (Lipinski definition) is 0. The second-order valence-corrected chi connectivity index (χ2v) is 6.38. The van der Waals surface area contributed by atoms with E-state index < -0.39 is 0 Å². The molecule has 2 aliphatic rings. The van der Waals surface area contributed by atoms with E-state index >= 15 is 0 Å². The molecule has 2 nitrogen and oxygen atoms in total. The minimum absolute atomic E-state index is 0.930. The van der Waals surface area contributed by atoms with Crippen molar-refractivity contribution >= 4 is 21.7 Å². The average Bonchev–Trinajstić information content (AvgIpc) is 3.15. The fourth-order valence-electron chi connectivity index (χ4n) is 2.19. The van der Waals surface area contributed by atoms with E-state index in [2.05, 4.69) is 39.9 Å². The predicted octanol–water partition coefficient (Wildman–Crippen LogP) is 3.78. The summed E-state index contributed by atoms with van der Waals surface area (Å²) in [7, 11) is 0. The molecule has 0 aliphatic heterocycles. The Balaban J connectivity index is 1.76. The Morgan fingerprint density at radius 1 is 1.18 bits per heavy atom. The first-order valence-electron chi connectivity index (χ1n) is 6.60. The number of halogens is 1. The van der Waals surface area contributed by atoms with Crippen LogP contribution in [0.3, 0.4) is 0 Å². The van der Waals surface area contributed by atoms with Crippen molar-refractivity contribution in [3.05, 3.63) is 22.3 Å². The molecule has 0 N–H and O–H groups in total. The van der Waals surface area contributed by atoms with Crippen LogP contribution in [-0.4, -0.2) is 18.1 Å². The maximum atomic E-state index is 4.71. The summed E-state index contributed by atoms with van der Waals surface area (Å²) < 4.78 is 1.11. The van der Waals surface area contributed by atoms with Crippen molar-refractivity contribution in [3.8, 4) is 0 Å². The van der Waals surface area contributed by atoms with Crippen molar-refractivity contribution < 1.29 is 0 Å². The Morgan fingerprint density at radius 2 is 1.76 bits per heavy atom. The highest BCUT2D eigenvalue weighted by Gasteiger charge is 2.29. The predicted molar refractivity (Wildman–Crippen MR) is 74.3 cm³/mol. The van der Waals surface area contributed by atoms with Gasteiger partial charge in [-0.15, -0.1) is 0 Å². The van der Waals surface area contributed by atoms with Crippen LogP contribution >= 0.6 is 15.9 Å². The van der Waals surface area contributed by atoms with Crippen molar-refractivity contribution in [1.29, 1.82) is 0 Å². The minimum atomic E-state index is 0.930. The Hall–Kier alpha value is -0.570. The summed E-state index contributed by atoms with van der Waals surface area (Å²) in [5, 5.41) is 0. The van der Waals surface area contributed by atoms with Crippen LogP contribution in [0.15, 0.2) is 16.6 Å². The van der Waals surface area contributed by atoms with Gasteiger partial charge in [0.15, 0.2) is 0 Å². The monoisotopic (exact) mass is 294 g/mol. The van der Waals surface area contributed by atoms with E-state index in [9.17, 15) is 0 Å². The van der Waals surface area contributed by atoms with Gasteiger partial charge in [-0.3, -0.25) is 0 Å². The molecule has 0 atom stereocenters. The summed E-state index contributed by atoms with van der Waals surface area (Å²) in [6.07, 6.45) is 5.65. The zero-order valence-electron chi connectivity index (χ0n) is 10.3. The minimum Gasteiger partial charge on any atom is -0.356 e. The molecular weight excluding hydrogens is 276 g/mol. The smallest absolute Gasteiger partial charge is 0.128 e. The Labute approximate surface area is 112 Å². The average molecular weight is 295 g/mol. The lowest BCUT2D eigenvalue weighted by Gasteiger charge is -2.24. The fourth-order valence-corrected chi connectivity index (χ4v) is 2.41. The molecule has 1 aromatic heterocycles. The molecule has 0 aromatic carbocycles. The number of nitrogens with zero attached hydrogens (tertiary/aromatic N) is 2. The van der Waals surface area contributed by atoms with Crippen molar-refractivity contribution in [1.82, 2.24) is 4.98 Å². The van der Waals surface area contributed by atoms with Gasteiger partial charge in [0.2, 0.25) is 0 Å². The van der Waals surface area contributed by atoms with Gasteiger partial charge in [-0.2, -0.15) is 0 Å². The molecule has 0 bridgehead atoms. The summed E-state index contributed by atoms with van der Waals surface area (Å²) in [4.78, 5) is 7.22. The Morgan fingerprint density at radius 3 is 2.24 bits per heavy atom. The van der Waals surface area contributed by atoms with Crippen LogP contribution in [0.5, 0.6) is 0 Å². The molecular formula is C14H19BrN2. The van der Waals surface area contributed by atoms with Gasteiger partial charge in [-0.1, -0.05) is 0 Å². The number of anilines is 1. The molecule has 1 aromatic rings. The largest absolute Gasteiger partial charge is 0.356 e. The third-order valence-electron chi connectivity index (χ3n) is 3.68. The third kappa shape index (κ3) is 3.01. The summed E-state index contributed by atoms with van der Waals surface area (Å²) in [5.74, 6) is 3.03. The lowest BCUT2D eigenvalue weighted by molar-refractivity contribution is 0.670. The van der Waals surface area contributed by atoms with E-state index in [1.165, 1.54) is 44.6 Å². The van der Waals surface area contributed by atoms with Crippen LogP contribution in [0, 0.1) is 18.8 Å². The summed E-state index contributed by atoms with van der Waals surface area (Å²) in [5.41, 5.74) is 1.10. The molecule has 2 saturated carbocycles. The highest BCUT2D eigenvalue weighted by atomic mass is 79.9. The van der Waals surface area contributed by atoms with Crippen LogP contribution < -0.4 is 4.90 Å². The van der Waals surface area contributed by atoms with Crippen LogP contribution in [0.1, 0.15) is 31.4 Å². The maximum Gasteiger partial charge on any atom is 0.128 e. The number of aromatic nitrogens is 1. The van der Waals surface area contributed by atoms with Gasteiger partial charge in [0.25, 0.3) is 0 Å². The van der Waals surface area contributed by atoms with Gasteiger partial charge >= 0.3 is 0 Å². The second kappa shape index (κ2) is 4.60. The van der Waals surface area contributed by atoms with Gasteiger partial charge in [0, 0.05) is 17.6 Å². The molecule has 92 valence electrons. The number of rotatable bonds is 5. The number of hydrogen-bond acceptors (Lipinski definition) is 2. The van der Waals surface area contributed by atoms with E-state index in [0.29, 0.717) is 0 Å². The molecule has 1 heterocycles. The normalized spacial score (nSPS) is 19.4. The van der Waals surface area contributed by atoms with Crippen molar-refractivity contribution in [2.45, 2.75) is 32.6 Å². The van der Waals surface area contributed by atoms with Gasteiger partial charge in [-0.25, -0.2) is 4.98 Å². The van der Waals surface area contributed by atoms with E-state index in [0.717, 1.165) is 22.0 Å². The summed E-state index contributed by atoms with van der Waals surface area (Å²) >= 11 is 3.52. The lowest BCUT2D eigenvalue weighted by atomic mass is 10.3. The van der Waals surface area contributed by atoms with Crippen molar-refractivity contribution in [2.75, 3.05) is 18.0 Å². The maximum absolute atomic E-state index is 4.71. The lowest BCUT2D eigenvalue weighted by Crippen LogP contribution is -2.29. The van der Waals surface area contributed by atoms with E-state index in [-0.39, 0.29) is 0 Å². The molecule has 0 radical (unpaired) electrons. The first-order chi connectivity index (χ1) is 8.22. The van der Waals surface area contributed by atoms with Crippen LogP contribution in [0.4, 0.5) is 5.82 Å². The van der Waals surface area contributed by atoms with E-state index in [4.69, 9.17) is 4.98 Å². The SMILES string of the molecule is Cc1nc(N(CC2CC2)CC2CC2)ccc1Br. The van der Waals surface area contributed by atoms with Crippen molar-refractivity contribution in [2.24, 2.45) is 11.8 Å². The van der Waals surface area contributed by atoms with Gasteiger partial charge in [-0.05, 0) is 72.5 Å². The van der Waals surface area contributed by atoms with E-state index in [1.54, 1.807) is 0 Å². The van der Waals surface area contributed by atoms with Crippen LogP contribution in [0.25, 0.3) is 0 Å². The zero-order valence-corrected chi connectivity index (χ0v) is 11.9. The summed E-state index contributed by atoms with van der Waals surface area (Å²) in [6, 6.07) is 4.28. The fraction of sp³-hybridized carbons (Fsp3) is 0.643. The number of pyridine rings is 1. The standard InChI is InChI=1S/C14H19BrN2/c1-10-13(15)6-7-14(16-10)17(8-11-2-3-11)9-12-4-5-12/h6-7,11-12H,2-5,8-9H2,1H3. The summed E-state index contributed by atoms with van der Waals surface area (Å²) in [6.45, 7) is 4.50. The first-order valence-corrected chi connectivity index (χ1v) is 7.40. The topological polar surface area (TPSA) is 16.1 Å². The van der Waals surface area contributed by atoms with Crippen LogP contribution in [0.2, 0.25) is 0 Å². The molecule has 3 rings (SSSR count). The zero-order chi connectivity index (χ0) is 11.8. The quantitative estimate of drug-likeness (QED) is 0.822. The van der Waals surface area contributed by atoms with Crippen molar-refractivity contribution in [3.63, 3.8) is 0 Å². The molecule has 2 aliphatic carbocycles. The van der Waals surface area contributed by atoms with Gasteiger partial charge in [0.05, 0.1) is 5.69 Å². The molecule has 17 heavy (non-hydrogen) atoms. The van der Waals surface area contributed by atoms with Crippen LogP contribution in [-0.2, 0) is 0 Å². The van der Waals surface area contributed by atoms with Gasteiger partial charge < -0.3 is 4.90 Å². The highest BCUT2D eigenvalue weighted by Crippen LogP contribution is 2.35. The third-order valence-corrected chi connectivity index (χ3v) is 4.52. The number of aryl methyl sites for hydroxylation is 1. The van der Waals surface area contributed by atoms with Gasteiger partial charge in [0.1, 0.15) is 5.82 Å². The first kappa shape index (κ1) is 11.5. The second-order valence-electron chi connectivity index (χ2n) is 5.53. The molecule has 0 saturated heterocycles. The molecule has 2 fully saturated rings. The Bertz CT molecular complexity index is 397. The molecule has 0 spiro atoms.